The van der Waals surface area contributed by atoms with Crippen molar-refractivity contribution in [3.63, 3.8) is 0 Å². The molecular weight excluding hydrogens is 212 g/mol. The second-order valence-electron chi connectivity index (χ2n) is 6.54. The van der Waals surface area contributed by atoms with E-state index in [0.717, 1.165) is 17.8 Å². The highest BCUT2D eigenvalue weighted by atomic mass is 15.4. The van der Waals surface area contributed by atoms with Gasteiger partial charge in [0.15, 0.2) is 0 Å². The molecule has 0 atom stereocenters. The van der Waals surface area contributed by atoms with Gasteiger partial charge in [-0.2, -0.15) is 5.10 Å². The number of nitrogen functional groups attached to an aromatic ring is 2. The molecule has 0 unspecified atom stereocenters. The van der Waals surface area contributed by atoms with E-state index in [4.69, 9.17) is 11.5 Å². The van der Waals surface area contributed by atoms with E-state index in [1.807, 2.05) is 0 Å². The van der Waals surface area contributed by atoms with Gasteiger partial charge in [-0.15, -0.1) is 0 Å². The van der Waals surface area contributed by atoms with Gasteiger partial charge in [-0.3, -0.25) is 0 Å². The zero-order chi connectivity index (χ0) is 11.6. The van der Waals surface area contributed by atoms with Crippen LogP contribution in [0.4, 0.5) is 11.5 Å². The van der Waals surface area contributed by atoms with Gasteiger partial charge in [0.25, 0.3) is 0 Å². The largest absolute Gasteiger partial charge is 0.394 e. The Bertz CT molecular complexity index is 427. The summed E-state index contributed by atoms with van der Waals surface area (Å²) in [4.78, 5) is 0. The van der Waals surface area contributed by atoms with E-state index in [9.17, 15) is 0 Å². The van der Waals surface area contributed by atoms with Crippen molar-refractivity contribution in [2.75, 3.05) is 11.5 Å². The molecule has 0 amide bonds. The van der Waals surface area contributed by atoms with E-state index in [0.29, 0.717) is 11.5 Å². The molecule has 1 heterocycles. The summed E-state index contributed by atoms with van der Waals surface area (Å²) in [5.41, 5.74) is 12.8. The van der Waals surface area contributed by atoms with Crippen LogP contribution in [0.3, 0.4) is 0 Å². The van der Waals surface area contributed by atoms with Gasteiger partial charge in [0.2, 0.25) is 0 Å². The van der Waals surface area contributed by atoms with E-state index in [1.165, 1.54) is 38.5 Å². The fourth-order valence-corrected chi connectivity index (χ4v) is 5.07. The minimum atomic E-state index is 0.205. The number of anilines is 2. The van der Waals surface area contributed by atoms with Gasteiger partial charge in [0, 0.05) is 0 Å². The Morgan fingerprint density at radius 1 is 1.06 bits per heavy atom. The summed E-state index contributed by atoms with van der Waals surface area (Å²) in [6.45, 7) is 0. The van der Waals surface area contributed by atoms with Crippen LogP contribution < -0.4 is 11.5 Å². The highest BCUT2D eigenvalue weighted by Crippen LogP contribution is 2.59. The second-order valence-corrected chi connectivity index (χ2v) is 6.54. The van der Waals surface area contributed by atoms with Crippen molar-refractivity contribution < 1.29 is 0 Å². The molecule has 4 saturated carbocycles. The maximum Gasteiger partial charge on any atom is 0.145 e. The summed E-state index contributed by atoms with van der Waals surface area (Å²) in [5, 5.41) is 4.47. The maximum atomic E-state index is 6.10. The third-order valence-corrected chi connectivity index (χ3v) is 5.29. The summed E-state index contributed by atoms with van der Waals surface area (Å²) in [6.07, 6.45) is 9.84. The average molecular weight is 232 g/mol. The van der Waals surface area contributed by atoms with Crippen molar-refractivity contribution in [3.8, 4) is 0 Å². The van der Waals surface area contributed by atoms with Gasteiger partial charge in [-0.25, -0.2) is 4.68 Å². The molecule has 0 spiro atoms. The SMILES string of the molecule is Nc1cnn(C23CC4CC(CC(C4)C2)C3)c1N. The molecule has 0 radical (unpaired) electrons. The topological polar surface area (TPSA) is 69.9 Å². The number of hydrogen-bond donors (Lipinski definition) is 2. The zero-order valence-electron chi connectivity index (χ0n) is 10.1. The number of rotatable bonds is 1. The highest BCUT2D eigenvalue weighted by Gasteiger charge is 2.52. The first kappa shape index (κ1) is 9.80. The molecule has 4 aliphatic rings. The lowest BCUT2D eigenvalue weighted by molar-refractivity contribution is -0.0481. The molecule has 4 aliphatic carbocycles. The molecule has 4 nitrogen and oxygen atoms in total. The van der Waals surface area contributed by atoms with Crippen LogP contribution in [0.5, 0.6) is 0 Å². The Balaban J connectivity index is 1.80. The number of nitrogens with zero attached hydrogens (tertiary/aromatic N) is 2. The molecule has 4 bridgehead atoms. The number of hydrogen-bond acceptors (Lipinski definition) is 3. The van der Waals surface area contributed by atoms with Gasteiger partial charge in [0.05, 0.1) is 17.4 Å². The van der Waals surface area contributed by atoms with Gasteiger partial charge >= 0.3 is 0 Å². The predicted molar refractivity (Wildman–Crippen MR) is 67.2 cm³/mol. The normalized spacial score (nSPS) is 43.2. The first-order chi connectivity index (χ1) is 8.16. The maximum absolute atomic E-state index is 6.10. The summed E-state index contributed by atoms with van der Waals surface area (Å²) in [6, 6.07) is 0. The summed E-state index contributed by atoms with van der Waals surface area (Å²) in [7, 11) is 0. The number of aromatic nitrogens is 2. The van der Waals surface area contributed by atoms with Crippen LogP contribution in [0.1, 0.15) is 38.5 Å². The Morgan fingerprint density at radius 2 is 1.59 bits per heavy atom. The molecule has 0 saturated heterocycles. The minimum absolute atomic E-state index is 0.205. The Morgan fingerprint density at radius 3 is 2.00 bits per heavy atom. The second kappa shape index (κ2) is 2.98. The Kier molecular flexibility index (Phi) is 1.72. The first-order valence-corrected chi connectivity index (χ1v) is 6.76. The molecule has 92 valence electrons. The lowest BCUT2D eigenvalue weighted by Gasteiger charge is -2.56. The van der Waals surface area contributed by atoms with Crippen LogP contribution in [-0.4, -0.2) is 9.78 Å². The van der Waals surface area contributed by atoms with Crippen LogP contribution in [0.25, 0.3) is 0 Å². The zero-order valence-corrected chi connectivity index (χ0v) is 10.1. The third kappa shape index (κ3) is 1.21. The van der Waals surface area contributed by atoms with Crippen LogP contribution in [-0.2, 0) is 5.54 Å². The average Bonchev–Trinajstić information content (AvgIpc) is 2.58. The Labute approximate surface area is 101 Å². The van der Waals surface area contributed by atoms with Crippen LogP contribution in [0, 0.1) is 17.8 Å². The van der Waals surface area contributed by atoms with Gasteiger partial charge in [-0.05, 0) is 56.3 Å². The lowest BCUT2D eigenvalue weighted by atomic mass is 9.53. The van der Waals surface area contributed by atoms with E-state index in [-0.39, 0.29) is 5.54 Å². The molecule has 0 aliphatic heterocycles. The monoisotopic (exact) mass is 232 g/mol. The van der Waals surface area contributed by atoms with Crippen LogP contribution in [0.2, 0.25) is 0 Å². The van der Waals surface area contributed by atoms with Crippen LogP contribution in [0.15, 0.2) is 6.20 Å². The Hall–Kier alpha value is -1.19. The van der Waals surface area contributed by atoms with E-state index >= 15 is 0 Å². The van der Waals surface area contributed by atoms with Crippen molar-refractivity contribution in [2.45, 2.75) is 44.1 Å². The van der Waals surface area contributed by atoms with Crippen molar-refractivity contribution in [1.29, 1.82) is 0 Å². The van der Waals surface area contributed by atoms with Crippen LogP contribution >= 0.6 is 0 Å². The quantitative estimate of drug-likeness (QED) is 0.777. The fourth-order valence-electron chi connectivity index (χ4n) is 5.07. The molecule has 5 rings (SSSR count). The van der Waals surface area contributed by atoms with Gasteiger partial charge in [0.1, 0.15) is 5.82 Å². The van der Waals surface area contributed by atoms with Gasteiger partial charge < -0.3 is 11.5 Å². The van der Waals surface area contributed by atoms with Crippen molar-refractivity contribution in [2.24, 2.45) is 17.8 Å². The van der Waals surface area contributed by atoms with Crippen molar-refractivity contribution >= 4 is 11.5 Å². The van der Waals surface area contributed by atoms with Crippen molar-refractivity contribution in [3.05, 3.63) is 6.20 Å². The molecular formula is C13H20N4. The molecule has 17 heavy (non-hydrogen) atoms. The number of nitrogens with two attached hydrogens (primary N) is 2. The van der Waals surface area contributed by atoms with E-state index in [2.05, 4.69) is 9.78 Å². The molecule has 4 heteroatoms. The highest BCUT2D eigenvalue weighted by molar-refractivity contribution is 5.57. The summed E-state index contributed by atoms with van der Waals surface area (Å²) < 4.78 is 2.06. The third-order valence-electron chi connectivity index (χ3n) is 5.29. The van der Waals surface area contributed by atoms with E-state index in [1.54, 1.807) is 6.20 Å². The summed E-state index contributed by atoms with van der Waals surface area (Å²) >= 11 is 0. The van der Waals surface area contributed by atoms with E-state index < -0.39 is 0 Å². The summed E-state index contributed by atoms with van der Waals surface area (Å²) in [5.74, 6) is 3.41. The molecule has 0 aromatic carbocycles. The molecule has 4 fully saturated rings. The first-order valence-electron chi connectivity index (χ1n) is 6.76. The molecule has 4 N–H and O–H groups in total. The standard InChI is InChI=1S/C13H20N4/c14-11-7-16-17(12(11)15)13-4-8-1-9(5-13)3-10(2-8)6-13/h7-10H,1-6,14-15H2. The van der Waals surface area contributed by atoms with Gasteiger partial charge in [-0.1, -0.05) is 0 Å². The van der Waals surface area contributed by atoms with Crippen molar-refractivity contribution in [1.82, 2.24) is 9.78 Å². The molecule has 1 aromatic heterocycles. The fraction of sp³-hybridized carbons (Fsp3) is 0.769. The smallest absolute Gasteiger partial charge is 0.145 e. The molecule has 1 aromatic rings. The predicted octanol–water partition coefficient (Wildman–Crippen LogP) is 1.97. The lowest BCUT2D eigenvalue weighted by Crippen LogP contribution is -2.52. The minimum Gasteiger partial charge on any atom is -0.394 e.